The molecule has 5 nitrogen and oxygen atoms in total. The second-order valence-electron chi connectivity index (χ2n) is 1.93. The summed E-state index contributed by atoms with van der Waals surface area (Å²) in [4.78, 5) is 12.9. The number of amidine groups is 1. The summed E-state index contributed by atoms with van der Waals surface area (Å²) < 4.78 is 0. The molecule has 0 atom stereocenters. The second kappa shape index (κ2) is 2.87. The summed E-state index contributed by atoms with van der Waals surface area (Å²) in [5.41, 5.74) is 5.48. The minimum Gasteiger partial charge on any atom is -0.409 e. The van der Waals surface area contributed by atoms with E-state index in [1.165, 1.54) is 18.3 Å². The third-order valence-electron chi connectivity index (χ3n) is 1.19. The molecule has 0 saturated heterocycles. The van der Waals surface area contributed by atoms with Crippen molar-refractivity contribution in [3.8, 4) is 0 Å². The number of hydrogen-bond donors (Lipinski definition) is 3. The molecule has 1 rings (SSSR count). The Morgan fingerprint density at radius 3 is 2.82 bits per heavy atom. The summed E-state index contributed by atoms with van der Waals surface area (Å²) >= 11 is 0. The number of hydrogen-bond acceptors (Lipinski definition) is 3. The lowest BCUT2D eigenvalue weighted by Crippen LogP contribution is -2.15. The summed E-state index contributed by atoms with van der Waals surface area (Å²) in [6.45, 7) is 0. The molecule has 0 fully saturated rings. The normalized spacial score (nSPS) is 11.5. The predicted octanol–water partition coefficient (Wildman–Crippen LogP) is -0.531. The maximum atomic E-state index is 10.5. The van der Waals surface area contributed by atoms with Crippen LogP contribution in [-0.2, 0) is 0 Å². The van der Waals surface area contributed by atoms with Gasteiger partial charge < -0.3 is 15.9 Å². The van der Waals surface area contributed by atoms with Gasteiger partial charge in [0.25, 0.3) is 0 Å². The molecule has 0 aromatic carbocycles. The van der Waals surface area contributed by atoms with Gasteiger partial charge in [-0.1, -0.05) is 5.16 Å². The number of pyridine rings is 1. The Morgan fingerprint density at radius 2 is 2.36 bits per heavy atom. The van der Waals surface area contributed by atoms with E-state index in [1.807, 2.05) is 0 Å². The van der Waals surface area contributed by atoms with Gasteiger partial charge in [-0.25, -0.2) is 0 Å². The van der Waals surface area contributed by atoms with Gasteiger partial charge in [0.15, 0.2) is 5.84 Å². The van der Waals surface area contributed by atoms with Crippen molar-refractivity contribution in [2.24, 2.45) is 10.9 Å². The fourth-order valence-corrected chi connectivity index (χ4v) is 0.628. The third-order valence-corrected chi connectivity index (χ3v) is 1.19. The predicted molar refractivity (Wildman–Crippen MR) is 39.6 cm³/mol. The SMILES string of the molecule is NC(=NO)c1ccc(=O)[nH]c1. The molecular weight excluding hydrogens is 146 g/mol. The van der Waals surface area contributed by atoms with E-state index in [0.29, 0.717) is 5.56 Å². The molecule has 0 amide bonds. The number of aromatic nitrogens is 1. The summed E-state index contributed by atoms with van der Waals surface area (Å²) in [6.07, 6.45) is 1.37. The first-order valence-electron chi connectivity index (χ1n) is 2.90. The Balaban J connectivity index is 3.09. The first-order chi connectivity index (χ1) is 5.24. The molecule has 11 heavy (non-hydrogen) atoms. The average molecular weight is 153 g/mol. The smallest absolute Gasteiger partial charge is 0.247 e. The lowest BCUT2D eigenvalue weighted by atomic mass is 10.3. The van der Waals surface area contributed by atoms with E-state index < -0.39 is 0 Å². The quantitative estimate of drug-likeness (QED) is 0.219. The number of nitrogens with one attached hydrogen (secondary N) is 1. The molecule has 1 aromatic rings. The Kier molecular flexibility index (Phi) is 1.91. The van der Waals surface area contributed by atoms with Crippen LogP contribution in [0, 0.1) is 0 Å². The van der Waals surface area contributed by atoms with Gasteiger partial charge in [-0.15, -0.1) is 0 Å². The van der Waals surface area contributed by atoms with Crippen molar-refractivity contribution in [1.82, 2.24) is 4.98 Å². The van der Waals surface area contributed by atoms with Crippen LogP contribution < -0.4 is 11.3 Å². The molecule has 0 bridgehead atoms. The number of aromatic amines is 1. The number of nitrogens with zero attached hydrogens (tertiary/aromatic N) is 1. The Hall–Kier alpha value is -1.78. The molecular formula is C6H7N3O2. The highest BCUT2D eigenvalue weighted by Crippen LogP contribution is 1.90. The van der Waals surface area contributed by atoms with Crippen LogP contribution >= 0.6 is 0 Å². The van der Waals surface area contributed by atoms with Crippen LogP contribution in [-0.4, -0.2) is 16.0 Å². The van der Waals surface area contributed by atoms with Crippen molar-refractivity contribution in [3.63, 3.8) is 0 Å². The Labute approximate surface area is 62.2 Å². The number of H-pyrrole nitrogens is 1. The first kappa shape index (κ1) is 7.33. The zero-order valence-corrected chi connectivity index (χ0v) is 5.61. The highest BCUT2D eigenvalue weighted by Gasteiger charge is 1.96. The van der Waals surface area contributed by atoms with Crippen molar-refractivity contribution >= 4 is 5.84 Å². The fourth-order valence-electron chi connectivity index (χ4n) is 0.628. The van der Waals surface area contributed by atoms with Gasteiger partial charge in [0, 0.05) is 17.8 Å². The molecule has 0 spiro atoms. The molecule has 5 heteroatoms. The largest absolute Gasteiger partial charge is 0.409 e. The first-order valence-corrected chi connectivity index (χ1v) is 2.90. The zero-order valence-electron chi connectivity index (χ0n) is 5.61. The monoisotopic (exact) mass is 153 g/mol. The van der Waals surface area contributed by atoms with E-state index in [0.717, 1.165) is 0 Å². The summed E-state index contributed by atoms with van der Waals surface area (Å²) in [5.74, 6) is -0.0266. The van der Waals surface area contributed by atoms with E-state index in [1.54, 1.807) is 0 Å². The molecule has 0 radical (unpaired) electrons. The highest BCUT2D eigenvalue weighted by atomic mass is 16.4. The van der Waals surface area contributed by atoms with Crippen LogP contribution in [0.15, 0.2) is 28.3 Å². The van der Waals surface area contributed by atoms with Gasteiger partial charge in [-0.05, 0) is 6.07 Å². The molecule has 58 valence electrons. The summed E-state index contributed by atoms with van der Waals surface area (Å²) in [6, 6.07) is 2.77. The Bertz CT molecular complexity index is 308. The van der Waals surface area contributed by atoms with Crippen molar-refractivity contribution in [1.29, 1.82) is 0 Å². The zero-order chi connectivity index (χ0) is 8.27. The van der Waals surface area contributed by atoms with Gasteiger partial charge in [-0.3, -0.25) is 4.79 Å². The number of nitrogens with two attached hydrogens (primary N) is 1. The summed E-state index contributed by atoms with van der Waals surface area (Å²) in [5, 5.41) is 11.0. The molecule has 0 aliphatic rings. The molecule has 0 unspecified atom stereocenters. The lowest BCUT2D eigenvalue weighted by Gasteiger charge is -1.94. The van der Waals surface area contributed by atoms with E-state index >= 15 is 0 Å². The topological polar surface area (TPSA) is 91.5 Å². The van der Waals surface area contributed by atoms with Gasteiger partial charge in [0.05, 0.1) is 0 Å². The third kappa shape index (κ3) is 1.57. The highest BCUT2D eigenvalue weighted by molar-refractivity contribution is 5.96. The Morgan fingerprint density at radius 1 is 1.64 bits per heavy atom. The maximum Gasteiger partial charge on any atom is 0.247 e. The van der Waals surface area contributed by atoms with E-state index in [2.05, 4.69) is 10.1 Å². The molecule has 1 aromatic heterocycles. The van der Waals surface area contributed by atoms with E-state index in [4.69, 9.17) is 10.9 Å². The van der Waals surface area contributed by atoms with E-state index in [9.17, 15) is 4.79 Å². The van der Waals surface area contributed by atoms with Crippen LogP contribution in [0.1, 0.15) is 5.56 Å². The van der Waals surface area contributed by atoms with Crippen LogP contribution in [0.4, 0.5) is 0 Å². The van der Waals surface area contributed by atoms with Gasteiger partial charge in [0.1, 0.15) is 0 Å². The van der Waals surface area contributed by atoms with Crippen molar-refractivity contribution in [3.05, 3.63) is 34.2 Å². The van der Waals surface area contributed by atoms with Crippen LogP contribution in [0.2, 0.25) is 0 Å². The minimum atomic E-state index is -0.223. The van der Waals surface area contributed by atoms with Crippen LogP contribution in [0.3, 0.4) is 0 Å². The molecule has 0 aliphatic carbocycles. The molecule has 1 heterocycles. The van der Waals surface area contributed by atoms with Gasteiger partial charge in [-0.2, -0.15) is 0 Å². The fraction of sp³-hybridized carbons (Fsp3) is 0. The minimum absolute atomic E-state index is 0.0266. The number of rotatable bonds is 1. The van der Waals surface area contributed by atoms with Crippen molar-refractivity contribution < 1.29 is 5.21 Å². The van der Waals surface area contributed by atoms with Gasteiger partial charge in [0.2, 0.25) is 5.56 Å². The van der Waals surface area contributed by atoms with Gasteiger partial charge >= 0.3 is 0 Å². The lowest BCUT2D eigenvalue weighted by molar-refractivity contribution is 0.318. The number of oxime groups is 1. The standard InChI is InChI=1S/C6H7N3O2/c7-6(9-11)4-1-2-5(10)8-3-4/h1-3,11H,(H2,7,9)(H,8,10). The second-order valence-corrected chi connectivity index (χ2v) is 1.93. The average Bonchev–Trinajstić information content (AvgIpc) is 2.05. The van der Waals surface area contributed by atoms with Crippen molar-refractivity contribution in [2.75, 3.05) is 0 Å². The van der Waals surface area contributed by atoms with Crippen LogP contribution in [0.5, 0.6) is 0 Å². The van der Waals surface area contributed by atoms with Crippen molar-refractivity contribution in [2.45, 2.75) is 0 Å². The molecule has 4 N–H and O–H groups in total. The van der Waals surface area contributed by atoms with E-state index in [-0.39, 0.29) is 11.4 Å². The summed E-state index contributed by atoms with van der Waals surface area (Å²) in [7, 11) is 0. The maximum absolute atomic E-state index is 10.5. The van der Waals surface area contributed by atoms with Crippen LogP contribution in [0.25, 0.3) is 0 Å². The molecule has 0 aliphatic heterocycles. The molecule has 0 saturated carbocycles.